The second-order valence-electron chi connectivity index (χ2n) is 4.69. The van der Waals surface area contributed by atoms with Gasteiger partial charge in [-0.2, -0.15) is 5.26 Å². The first-order valence-electron chi connectivity index (χ1n) is 6.29. The minimum Gasteiger partial charge on any atom is -0.382 e. The van der Waals surface area contributed by atoms with Gasteiger partial charge in [-0.05, 0) is 49.2 Å². The van der Waals surface area contributed by atoms with E-state index in [0.29, 0.717) is 17.0 Å². The Labute approximate surface area is 122 Å². The Morgan fingerprint density at radius 2 is 2.10 bits per heavy atom. The van der Waals surface area contributed by atoms with Crippen LogP contribution in [0.1, 0.15) is 18.1 Å². The maximum Gasteiger partial charge on any atom is 0.123 e. The number of nitrogens with one attached hydrogen (secondary N) is 1. The molecule has 0 bridgehead atoms. The van der Waals surface area contributed by atoms with Crippen LogP contribution in [-0.4, -0.2) is 6.04 Å². The second-order valence-corrected chi connectivity index (χ2v) is 5.09. The van der Waals surface area contributed by atoms with Crippen LogP contribution in [0.5, 0.6) is 0 Å². The highest BCUT2D eigenvalue weighted by molar-refractivity contribution is 6.32. The number of nitrogens with zero attached hydrogens (tertiary/aromatic N) is 1. The van der Waals surface area contributed by atoms with Crippen LogP contribution >= 0.6 is 11.6 Å². The highest BCUT2D eigenvalue weighted by atomic mass is 35.5. The molecule has 102 valence electrons. The molecule has 0 fully saturated rings. The largest absolute Gasteiger partial charge is 0.382 e. The van der Waals surface area contributed by atoms with E-state index >= 15 is 0 Å². The highest BCUT2D eigenvalue weighted by Gasteiger charge is 2.06. The predicted octanol–water partition coefficient (Wildman–Crippen LogP) is 4.39. The molecule has 0 aliphatic heterocycles. The summed E-state index contributed by atoms with van der Waals surface area (Å²) in [5.41, 5.74) is 2.23. The number of hydrogen-bond donors (Lipinski definition) is 1. The van der Waals surface area contributed by atoms with Crippen LogP contribution in [0.25, 0.3) is 0 Å². The third-order valence-corrected chi connectivity index (χ3v) is 3.25. The first-order chi connectivity index (χ1) is 9.58. The van der Waals surface area contributed by atoms with Gasteiger partial charge in [-0.25, -0.2) is 4.39 Å². The molecular formula is C16H14ClFN2. The molecule has 2 aromatic carbocycles. The number of nitriles is 1. The Morgan fingerprint density at radius 1 is 1.30 bits per heavy atom. The Hall–Kier alpha value is -2.05. The number of anilines is 1. The lowest BCUT2D eigenvalue weighted by Gasteiger charge is -2.16. The zero-order valence-electron chi connectivity index (χ0n) is 11.0. The van der Waals surface area contributed by atoms with Gasteiger partial charge >= 0.3 is 0 Å². The van der Waals surface area contributed by atoms with Gasteiger partial charge in [0.2, 0.25) is 0 Å². The van der Waals surface area contributed by atoms with Crippen LogP contribution in [0.2, 0.25) is 5.02 Å². The van der Waals surface area contributed by atoms with Crippen LogP contribution in [0.15, 0.2) is 42.5 Å². The van der Waals surface area contributed by atoms with Crippen LogP contribution in [0.3, 0.4) is 0 Å². The van der Waals surface area contributed by atoms with Crippen LogP contribution in [0, 0.1) is 17.1 Å². The lowest BCUT2D eigenvalue weighted by molar-refractivity contribution is 0.624. The minimum absolute atomic E-state index is 0.126. The van der Waals surface area contributed by atoms with Crippen molar-refractivity contribution in [2.24, 2.45) is 0 Å². The average molecular weight is 289 g/mol. The number of benzene rings is 2. The molecule has 0 heterocycles. The van der Waals surface area contributed by atoms with Crippen LogP contribution in [0.4, 0.5) is 10.1 Å². The molecule has 0 aliphatic rings. The summed E-state index contributed by atoms with van der Waals surface area (Å²) in [7, 11) is 0. The van der Waals surface area contributed by atoms with Gasteiger partial charge in [0, 0.05) is 11.7 Å². The Balaban J connectivity index is 2.03. The van der Waals surface area contributed by atoms with E-state index in [1.807, 2.05) is 25.1 Å². The molecule has 0 aromatic heterocycles. The van der Waals surface area contributed by atoms with Crippen molar-refractivity contribution in [3.8, 4) is 6.07 Å². The van der Waals surface area contributed by atoms with Crippen molar-refractivity contribution in [2.45, 2.75) is 19.4 Å². The van der Waals surface area contributed by atoms with E-state index in [1.165, 1.54) is 12.1 Å². The molecule has 0 saturated heterocycles. The molecule has 20 heavy (non-hydrogen) atoms. The SMILES string of the molecule is CC(Cc1cccc(F)c1)Nc1ccc(C#N)c(Cl)c1. The fraction of sp³-hybridized carbons (Fsp3) is 0.188. The van der Waals surface area contributed by atoms with Gasteiger partial charge in [0.1, 0.15) is 11.9 Å². The van der Waals surface area contributed by atoms with Crippen molar-refractivity contribution in [1.29, 1.82) is 5.26 Å². The zero-order chi connectivity index (χ0) is 14.5. The molecule has 1 atom stereocenters. The third-order valence-electron chi connectivity index (χ3n) is 2.93. The van der Waals surface area contributed by atoms with E-state index in [4.69, 9.17) is 16.9 Å². The molecule has 2 rings (SSSR count). The normalized spacial score (nSPS) is 11.7. The predicted molar refractivity (Wildman–Crippen MR) is 79.4 cm³/mol. The summed E-state index contributed by atoms with van der Waals surface area (Å²) >= 11 is 5.98. The summed E-state index contributed by atoms with van der Waals surface area (Å²) in [4.78, 5) is 0. The van der Waals surface area contributed by atoms with Gasteiger partial charge in [-0.15, -0.1) is 0 Å². The van der Waals surface area contributed by atoms with Crippen LogP contribution in [-0.2, 0) is 6.42 Å². The smallest absolute Gasteiger partial charge is 0.123 e. The highest BCUT2D eigenvalue weighted by Crippen LogP contribution is 2.21. The van der Waals surface area contributed by atoms with E-state index < -0.39 is 0 Å². The summed E-state index contributed by atoms with van der Waals surface area (Å²) in [6.07, 6.45) is 0.704. The molecule has 0 spiro atoms. The standard InChI is InChI=1S/C16H14ClFN2/c1-11(7-12-3-2-4-14(18)8-12)20-15-6-5-13(10-19)16(17)9-15/h2-6,8-9,11,20H,7H2,1H3. The maximum atomic E-state index is 13.1. The summed E-state index contributed by atoms with van der Waals surface area (Å²) < 4.78 is 13.1. The van der Waals surface area contributed by atoms with E-state index in [-0.39, 0.29) is 11.9 Å². The quantitative estimate of drug-likeness (QED) is 0.905. The second kappa shape index (κ2) is 6.40. The topological polar surface area (TPSA) is 35.8 Å². The monoisotopic (exact) mass is 288 g/mol. The van der Waals surface area contributed by atoms with E-state index in [1.54, 1.807) is 18.2 Å². The van der Waals surface area contributed by atoms with Crippen molar-refractivity contribution in [3.63, 3.8) is 0 Å². The minimum atomic E-state index is -0.226. The summed E-state index contributed by atoms with van der Waals surface area (Å²) in [5, 5.41) is 12.5. The van der Waals surface area contributed by atoms with Gasteiger partial charge < -0.3 is 5.32 Å². The van der Waals surface area contributed by atoms with Crippen molar-refractivity contribution in [2.75, 3.05) is 5.32 Å². The maximum absolute atomic E-state index is 13.1. The van der Waals surface area contributed by atoms with Gasteiger partial charge in [0.05, 0.1) is 10.6 Å². The summed E-state index contributed by atoms with van der Waals surface area (Å²) in [6.45, 7) is 2.01. The number of halogens is 2. The number of hydrogen-bond acceptors (Lipinski definition) is 2. The zero-order valence-corrected chi connectivity index (χ0v) is 11.8. The van der Waals surface area contributed by atoms with E-state index in [9.17, 15) is 4.39 Å². The van der Waals surface area contributed by atoms with Gasteiger partial charge in [0.25, 0.3) is 0 Å². The summed E-state index contributed by atoms with van der Waals surface area (Å²) in [5.74, 6) is -0.226. The lowest BCUT2D eigenvalue weighted by atomic mass is 10.1. The lowest BCUT2D eigenvalue weighted by Crippen LogP contribution is -2.18. The van der Waals surface area contributed by atoms with Gasteiger partial charge in [-0.3, -0.25) is 0 Å². The van der Waals surface area contributed by atoms with Crippen molar-refractivity contribution in [1.82, 2.24) is 0 Å². The van der Waals surface area contributed by atoms with Crippen molar-refractivity contribution < 1.29 is 4.39 Å². The molecule has 0 saturated carbocycles. The Morgan fingerprint density at radius 3 is 2.75 bits per heavy atom. The fourth-order valence-electron chi connectivity index (χ4n) is 2.05. The third kappa shape index (κ3) is 3.72. The van der Waals surface area contributed by atoms with Gasteiger partial charge in [-0.1, -0.05) is 23.7 Å². The van der Waals surface area contributed by atoms with Gasteiger partial charge in [0.15, 0.2) is 0 Å². The molecular weight excluding hydrogens is 275 g/mol. The van der Waals surface area contributed by atoms with Crippen molar-refractivity contribution in [3.05, 3.63) is 64.4 Å². The molecule has 1 unspecified atom stereocenters. The molecule has 0 amide bonds. The number of rotatable bonds is 4. The van der Waals surface area contributed by atoms with E-state index in [0.717, 1.165) is 11.3 Å². The molecule has 1 N–H and O–H groups in total. The molecule has 4 heteroatoms. The Kier molecular flexibility index (Phi) is 4.60. The fourth-order valence-corrected chi connectivity index (χ4v) is 2.27. The van der Waals surface area contributed by atoms with Crippen molar-refractivity contribution >= 4 is 17.3 Å². The Bertz CT molecular complexity index is 649. The first-order valence-corrected chi connectivity index (χ1v) is 6.67. The molecule has 2 nitrogen and oxygen atoms in total. The average Bonchev–Trinajstić information content (AvgIpc) is 2.38. The van der Waals surface area contributed by atoms with E-state index in [2.05, 4.69) is 5.32 Å². The molecule has 2 aromatic rings. The van der Waals surface area contributed by atoms with Crippen LogP contribution < -0.4 is 5.32 Å². The molecule has 0 radical (unpaired) electrons. The summed E-state index contributed by atoms with van der Waals surface area (Å²) in [6, 6.07) is 13.9. The molecule has 0 aliphatic carbocycles. The first kappa shape index (κ1) is 14.4.